The lowest BCUT2D eigenvalue weighted by Crippen LogP contribution is -2.38. The van der Waals surface area contributed by atoms with Crippen molar-refractivity contribution in [2.24, 2.45) is 16.3 Å². The van der Waals surface area contributed by atoms with Crippen molar-refractivity contribution in [2.45, 2.75) is 66.9 Å². The number of benzene rings is 2. The number of aromatic nitrogens is 1. The van der Waals surface area contributed by atoms with E-state index in [0.29, 0.717) is 24.6 Å². The minimum Gasteiger partial charge on any atom is -0.462 e. The van der Waals surface area contributed by atoms with Crippen molar-refractivity contribution in [1.82, 2.24) is 4.98 Å². The lowest BCUT2D eigenvalue weighted by Gasteiger charge is -2.33. The SMILES string of the molecule is CC(=Cc1ccc(Cc2cccnc2)cc1)COCC(C)(C)COC(=O)C1=C(C)N=C(C)C(C(=O)OC(C)C)C1c1ccccc1F. The molecule has 7 nitrogen and oxygen atoms in total. The van der Waals surface area contributed by atoms with Gasteiger partial charge >= 0.3 is 11.9 Å². The lowest BCUT2D eigenvalue weighted by molar-refractivity contribution is -0.150. The fraction of sp³-hybridized carbons (Fsp3) is 0.385. The number of hydrogen-bond donors (Lipinski definition) is 0. The summed E-state index contributed by atoms with van der Waals surface area (Å²) < 4.78 is 32.6. The van der Waals surface area contributed by atoms with E-state index in [-0.39, 0.29) is 23.8 Å². The molecule has 2 heterocycles. The van der Waals surface area contributed by atoms with Crippen molar-refractivity contribution in [3.63, 3.8) is 0 Å². The Morgan fingerprint density at radius 1 is 0.979 bits per heavy atom. The largest absolute Gasteiger partial charge is 0.462 e. The molecule has 2 aromatic carbocycles. The van der Waals surface area contributed by atoms with Gasteiger partial charge in [0.05, 0.1) is 31.5 Å². The van der Waals surface area contributed by atoms with E-state index in [9.17, 15) is 9.59 Å². The molecule has 0 radical (unpaired) electrons. The molecular weight excluding hydrogens is 595 g/mol. The molecule has 0 amide bonds. The Morgan fingerprint density at radius 2 is 1.70 bits per heavy atom. The average molecular weight is 641 g/mol. The first-order valence-corrected chi connectivity index (χ1v) is 16.0. The molecule has 0 aliphatic carbocycles. The van der Waals surface area contributed by atoms with Gasteiger partial charge in [0.15, 0.2) is 0 Å². The fourth-order valence-corrected chi connectivity index (χ4v) is 5.64. The van der Waals surface area contributed by atoms with Crippen molar-refractivity contribution in [3.8, 4) is 0 Å². The number of ether oxygens (including phenoxy) is 3. The summed E-state index contributed by atoms with van der Waals surface area (Å²) in [5, 5.41) is 0. The van der Waals surface area contributed by atoms with Crippen molar-refractivity contribution >= 4 is 23.7 Å². The molecule has 0 N–H and O–H groups in total. The fourth-order valence-electron chi connectivity index (χ4n) is 5.64. The van der Waals surface area contributed by atoms with Gasteiger partial charge < -0.3 is 14.2 Å². The number of carbonyl (C=O) groups is 2. The molecule has 0 saturated carbocycles. The lowest BCUT2D eigenvalue weighted by atomic mass is 9.75. The van der Waals surface area contributed by atoms with Crippen LogP contribution in [-0.2, 0) is 30.2 Å². The predicted octanol–water partition coefficient (Wildman–Crippen LogP) is 7.90. The molecule has 248 valence electrons. The van der Waals surface area contributed by atoms with Gasteiger partial charge in [0, 0.05) is 35.1 Å². The van der Waals surface area contributed by atoms with Gasteiger partial charge in [0.1, 0.15) is 11.7 Å². The van der Waals surface area contributed by atoms with Gasteiger partial charge in [-0.1, -0.05) is 68.5 Å². The van der Waals surface area contributed by atoms with Crippen LogP contribution in [0, 0.1) is 17.2 Å². The number of esters is 2. The van der Waals surface area contributed by atoms with E-state index < -0.39 is 35.0 Å². The number of aliphatic imine (C=N–C) groups is 1. The van der Waals surface area contributed by atoms with E-state index in [1.165, 1.54) is 17.2 Å². The van der Waals surface area contributed by atoms with Gasteiger partial charge in [-0.3, -0.25) is 14.8 Å². The molecule has 1 aliphatic rings. The Hall–Kier alpha value is -4.43. The topological polar surface area (TPSA) is 87.1 Å². The summed E-state index contributed by atoms with van der Waals surface area (Å²) in [5.74, 6) is -3.64. The third kappa shape index (κ3) is 9.78. The van der Waals surface area contributed by atoms with Gasteiger partial charge in [-0.25, -0.2) is 9.18 Å². The molecule has 0 saturated heterocycles. The molecule has 0 bridgehead atoms. The molecule has 1 aromatic heterocycles. The highest BCUT2D eigenvalue weighted by atomic mass is 19.1. The normalized spacial score (nSPS) is 17.0. The second kappa shape index (κ2) is 15.9. The number of carbonyl (C=O) groups excluding carboxylic acids is 2. The maximum atomic E-state index is 15.2. The molecule has 0 fully saturated rings. The van der Waals surface area contributed by atoms with Crippen molar-refractivity contribution < 1.29 is 28.2 Å². The third-order valence-corrected chi connectivity index (χ3v) is 7.83. The second-order valence-electron chi connectivity index (χ2n) is 13.2. The summed E-state index contributed by atoms with van der Waals surface area (Å²) in [5.41, 5.74) is 5.21. The zero-order valence-electron chi connectivity index (χ0n) is 28.4. The first-order valence-electron chi connectivity index (χ1n) is 16.0. The van der Waals surface area contributed by atoms with E-state index in [4.69, 9.17) is 14.2 Å². The number of halogens is 1. The van der Waals surface area contributed by atoms with E-state index in [0.717, 1.165) is 17.6 Å². The summed E-state index contributed by atoms with van der Waals surface area (Å²) in [6.45, 7) is 13.6. The van der Waals surface area contributed by atoms with Crippen molar-refractivity contribution in [2.75, 3.05) is 19.8 Å². The van der Waals surface area contributed by atoms with Crippen LogP contribution in [0.4, 0.5) is 4.39 Å². The van der Waals surface area contributed by atoms with Crippen LogP contribution in [0.2, 0.25) is 0 Å². The van der Waals surface area contributed by atoms with Gasteiger partial charge in [-0.2, -0.15) is 0 Å². The average Bonchev–Trinajstić information content (AvgIpc) is 3.01. The van der Waals surface area contributed by atoms with E-state index in [1.54, 1.807) is 52.1 Å². The molecule has 0 spiro atoms. The van der Waals surface area contributed by atoms with Crippen molar-refractivity contribution in [3.05, 3.63) is 118 Å². The monoisotopic (exact) mass is 640 g/mol. The van der Waals surface area contributed by atoms with Gasteiger partial charge in [-0.05, 0) is 81.0 Å². The first-order chi connectivity index (χ1) is 22.3. The Balaban J connectivity index is 1.38. The molecule has 8 heteroatoms. The molecule has 4 rings (SSSR count). The first kappa shape index (κ1) is 35.4. The molecule has 3 aromatic rings. The number of rotatable bonds is 13. The number of nitrogens with zero attached hydrogens (tertiary/aromatic N) is 2. The summed E-state index contributed by atoms with van der Waals surface area (Å²) in [6, 6.07) is 18.6. The van der Waals surface area contributed by atoms with E-state index >= 15 is 4.39 Å². The van der Waals surface area contributed by atoms with Crippen LogP contribution in [0.15, 0.2) is 94.9 Å². The van der Waals surface area contributed by atoms with Gasteiger partial charge in [0.25, 0.3) is 0 Å². The maximum Gasteiger partial charge on any atom is 0.336 e. The number of allylic oxidation sites excluding steroid dienone is 1. The molecule has 2 atom stereocenters. The standard InChI is InChI=1S/C39H45FN2O5/c1-25(2)47-38(44)35-28(5)42-27(4)34(36(35)32-12-8-9-13-33(32)40)37(43)46-24-39(6,7)23-45-22-26(3)19-29-14-16-30(17-15-29)20-31-11-10-18-41-21-31/h8-19,21,25,35-36H,20,22-24H2,1-7H3. The van der Waals surface area contributed by atoms with Crippen LogP contribution in [0.5, 0.6) is 0 Å². The highest BCUT2D eigenvalue weighted by Gasteiger charge is 2.44. The van der Waals surface area contributed by atoms with Crippen LogP contribution >= 0.6 is 0 Å². The Bertz CT molecular complexity index is 1640. The van der Waals surface area contributed by atoms with Crippen LogP contribution in [0.1, 0.15) is 76.6 Å². The molecule has 2 unspecified atom stereocenters. The third-order valence-electron chi connectivity index (χ3n) is 7.83. The number of pyridine rings is 1. The molecule has 1 aliphatic heterocycles. The molecule has 47 heavy (non-hydrogen) atoms. The zero-order valence-corrected chi connectivity index (χ0v) is 28.4. The summed E-state index contributed by atoms with van der Waals surface area (Å²) in [7, 11) is 0. The van der Waals surface area contributed by atoms with Gasteiger partial charge in [0.2, 0.25) is 0 Å². The smallest absolute Gasteiger partial charge is 0.336 e. The second-order valence-corrected chi connectivity index (χ2v) is 13.2. The Morgan fingerprint density at radius 3 is 2.36 bits per heavy atom. The molecular formula is C39H45FN2O5. The zero-order chi connectivity index (χ0) is 34.1. The minimum absolute atomic E-state index is 0.0531. The van der Waals surface area contributed by atoms with Crippen LogP contribution in [0.25, 0.3) is 6.08 Å². The highest BCUT2D eigenvalue weighted by Crippen LogP contribution is 2.41. The Labute approximate surface area is 277 Å². The van der Waals surface area contributed by atoms with Crippen LogP contribution in [0.3, 0.4) is 0 Å². The summed E-state index contributed by atoms with van der Waals surface area (Å²) in [6.07, 6.45) is 6.19. The van der Waals surface area contributed by atoms with E-state index in [2.05, 4.69) is 46.4 Å². The summed E-state index contributed by atoms with van der Waals surface area (Å²) in [4.78, 5) is 35.6. The highest BCUT2D eigenvalue weighted by molar-refractivity contribution is 6.07. The van der Waals surface area contributed by atoms with Crippen LogP contribution in [-0.4, -0.2) is 48.6 Å². The van der Waals surface area contributed by atoms with Crippen molar-refractivity contribution in [1.29, 1.82) is 0 Å². The quantitative estimate of drug-likeness (QED) is 0.177. The number of hydrogen-bond acceptors (Lipinski definition) is 7. The van der Waals surface area contributed by atoms with Gasteiger partial charge in [-0.15, -0.1) is 0 Å². The predicted molar refractivity (Wildman–Crippen MR) is 182 cm³/mol. The maximum absolute atomic E-state index is 15.2. The minimum atomic E-state index is -0.968. The van der Waals surface area contributed by atoms with E-state index in [1.807, 2.05) is 33.0 Å². The summed E-state index contributed by atoms with van der Waals surface area (Å²) >= 11 is 0. The van der Waals surface area contributed by atoms with Crippen LogP contribution < -0.4 is 0 Å². The Kier molecular flexibility index (Phi) is 12.0.